The molecular formula is C14H17NO5. The molecule has 0 unspecified atom stereocenters. The smallest absolute Gasteiger partial charge is 0.438 e. The number of β-lactam (4-membered cyclic amide) rings is 1. The van der Waals surface area contributed by atoms with Crippen molar-refractivity contribution in [2.75, 3.05) is 20.3 Å². The molecule has 6 heteroatoms. The van der Waals surface area contributed by atoms with Gasteiger partial charge in [-0.15, -0.1) is 0 Å². The fraction of sp³-hybridized carbons (Fsp3) is 0.643. The summed E-state index contributed by atoms with van der Waals surface area (Å²) in [5.41, 5.74) is -0.164. The Kier molecular flexibility index (Phi) is 4.28. The maximum absolute atomic E-state index is 11.7. The van der Waals surface area contributed by atoms with Gasteiger partial charge in [0.2, 0.25) is 5.91 Å². The first-order valence-electron chi connectivity index (χ1n) is 6.56. The van der Waals surface area contributed by atoms with Gasteiger partial charge in [0.05, 0.1) is 25.6 Å². The summed E-state index contributed by atoms with van der Waals surface area (Å²) < 4.78 is 8.92. The molecule has 0 aromatic heterocycles. The van der Waals surface area contributed by atoms with E-state index in [-0.39, 0.29) is 23.8 Å². The molecular weight excluding hydrogens is 262 g/mol. The lowest BCUT2D eigenvalue weighted by Crippen LogP contribution is -2.64. The van der Waals surface area contributed by atoms with Crippen molar-refractivity contribution in [2.45, 2.75) is 37.6 Å². The lowest BCUT2D eigenvalue weighted by molar-refractivity contribution is -0.160. The molecule has 1 spiro atoms. The van der Waals surface area contributed by atoms with Crippen molar-refractivity contribution in [3.8, 4) is 11.8 Å². The fourth-order valence-electron chi connectivity index (χ4n) is 2.68. The van der Waals surface area contributed by atoms with Gasteiger partial charge in [-0.25, -0.2) is 4.79 Å². The Balaban J connectivity index is 1.82. The molecule has 2 fully saturated rings. The third-order valence-electron chi connectivity index (χ3n) is 3.88. The van der Waals surface area contributed by atoms with Crippen LogP contribution in [0.4, 0.5) is 4.79 Å². The molecule has 1 aliphatic heterocycles. The summed E-state index contributed by atoms with van der Waals surface area (Å²) in [4.78, 5) is 35.4. The molecule has 1 amide bonds. The van der Waals surface area contributed by atoms with Crippen molar-refractivity contribution >= 4 is 17.8 Å². The number of nitrogens with zero attached hydrogens (tertiary/aromatic N) is 1. The Bertz CT molecular complexity index is 478. The third-order valence-corrected chi connectivity index (χ3v) is 3.88. The molecule has 6 nitrogen and oxygen atoms in total. The minimum atomic E-state index is -0.776. The Morgan fingerprint density at radius 2 is 2.00 bits per heavy atom. The van der Waals surface area contributed by atoms with Crippen molar-refractivity contribution < 1.29 is 23.9 Å². The number of ether oxygens (including phenoxy) is 2. The van der Waals surface area contributed by atoms with Gasteiger partial charge in [-0.05, 0) is 12.8 Å². The molecule has 2 aliphatic rings. The van der Waals surface area contributed by atoms with Gasteiger partial charge in [-0.2, -0.15) is 0 Å². The molecule has 0 N–H and O–H groups in total. The number of rotatable bonds is 2. The van der Waals surface area contributed by atoms with Crippen molar-refractivity contribution in [3.05, 3.63) is 0 Å². The zero-order chi connectivity index (χ0) is 14.6. The molecule has 20 heavy (non-hydrogen) atoms. The van der Waals surface area contributed by atoms with Crippen molar-refractivity contribution in [1.82, 2.24) is 4.90 Å². The van der Waals surface area contributed by atoms with E-state index in [0.29, 0.717) is 25.8 Å². The summed E-state index contributed by atoms with van der Waals surface area (Å²) >= 11 is 0. The quantitative estimate of drug-likeness (QED) is 0.426. The monoisotopic (exact) mass is 279 g/mol. The Morgan fingerprint density at radius 1 is 1.30 bits per heavy atom. The van der Waals surface area contributed by atoms with E-state index in [9.17, 15) is 14.4 Å². The van der Waals surface area contributed by atoms with Crippen LogP contribution < -0.4 is 0 Å². The predicted octanol–water partition coefficient (Wildman–Crippen LogP) is 0.887. The van der Waals surface area contributed by atoms with Gasteiger partial charge in [0, 0.05) is 12.8 Å². The van der Waals surface area contributed by atoms with E-state index in [4.69, 9.17) is 0 Å². The molecule has 0 atom stereocenters. The van der Waals surface area contributed by atoms with Crippen LogP contribution >= 0.6 is 0 Å². The Morgan fingerprint density at radius 3 is 2.60 bits per heavy atom. The summed E-state index contributed by atoms with van der Waals surface area (Å²) in [5, 5.41) is 0. The third kappa shape index (κ3) is 2.93. The summed E-state index contributed by atoms with van der Waals surface area (Å²) in [6.07, 6.45) is 2.29. The average Bonchev–Trinajstić information content (AvgIpc) is 2.44. The molecule has 0 aromatic carbocycles. The highest BCUT2D eigenvalue weighted by atomic mass is 16.7. The first-order valence-corrected chi connectivity index (χ1v) is 6.56. The molecule has 1 aliphatic carbocycles. The van der Waals surface area contributed by atoms with Gasteiger partial charge >= 0.3 is 6.16 Å². The Labute approximate surface area is 117 Å². The van der Waals surface area contributed by atoms with E-state index in [1.165, 1.54) is 7.11 Å². The number of hydrogen-bond acceptors (Lipinski definition) is 5. The number of likely N-dealkylation sites (tertiary alicyclic amines) is 1. The van der Waals surface area contributed by atoms with E-state index in [1.54, 1.807) is 4.90 Å². The van der Waals surface area contributed by atoms with Crippen LogP contribution in [0.2, 0.25) is 0 Å². The van der Waals surface area contributed by atoms with Crippen LogP contribution in [0.3, 0.4) is 0 Å². The molecule has 2 rings (SSSR count). The number of hydrogen-bond donors (Lipinski definition) is 0. The van der Waals surface area contributed by atoms with Gasteiger partial charge in [0.15, 0.2) is 6.61 Å². The van der Waals surface area contributed by atoms with E-state index in [1.807, 2.05) is 0 Å². The number of amides is 1. The normalized spacial score (nSPS) is 19.9. The second-order valence-electron chi connectivity index (χ2n) is 5.02. The van der Waals surface area contributed by atoms with Gasteiger partial charge in [-0.1, -0.05) is 11.8 Å². The summed E-state index contributed by atoms with van der Waals surface area (Å²) in [7, 11) is 1.22. The lowest BCUT2D eigenvalue weighted by atomic mass is 9.72. The van der Waals surface area contributed by atoms with Crippen LogP contribution in [0, 0.1) is 11.8 Å². The number of carbonyl (C=O) groups is 3. The van der Waals surface area contributed by atoms with Gasteiger partial charge in [-0.3, -0.25) is 9.59 Å². The largest absolute Gasteiger partial charge is 0.508 e. The van der Waals surface area contributed by atoms with E-state index in [0.717, 1.165) is 12.8 Å². The molecule has 108 valence electrons. The molecule has 0 aromatic rings. The minimum absolute atomic E-state index is 0.0554. The van der Waals surface area contributed by atoms with Crippen LogP contribution in [0.25, 0.3) is 0 Å². The highest BCUT2D eigenvalue weighted by Gasteiger charge is 2.51. The molecule has 1 saturated heterocycles. The molecule has 1 saturated carbocycles. The second-order valence-corrected chi connectivity index (χ2v) is 5.02. The zero-order valence-corrected chi connectivity index (χ0v) is 11.4. The van der Waals surface area contributed by atoms with Crippen LogP contribution in [0.5, 0.6) is 0 Å². The standard InChI is InChI=1S/C14H17NO5/c1-19-13(18)20-9-3-2-8-15-12(17)10-14(15)6-4-11(16)5-7-14/h4-10H2,1H3. The number of carbonyl (C=O) groups excluding carboxylic acids is 3. The topological polar surface area (TPSA) is 72.9 Å². The first kappa shape index (κ1) is 14.4. The zero-order valence-electron chi connectivity index (χ0n) is 11.4. The van der Waals surface area contributed by atoms with Crippen molar-refractivity contribution in [3.63, 3.8) is 0 Å². The molecule has 1 heterocycles. The van der Waals surface area contributed by atoms with Crippen LogP contribution in [0.15, 0.2) is 0 Å². The van der Waals surface area contributed by atoms with E-state index in [2.05, 4.69) is 21.3 Å². The van der Waals surface area contributed by atoms with Gasteiger partial charge < -0.3 is 14.4 Å². The van der Waals surface area contributed by atoms with Crippen LogP contribution in [-0.4, -0.2) is 48.5 Å². The SMILES string of the molecule is COC(=O)OCC#CCN1C(=O)CC12CCC(=O)CC2. The van der Waals surface area contributed by atoms with Gasteiger partial charge in [0.25, 0.3) is 0 Å². The Hall–Kier alpha value is -2.03. The number of Topliss-reactive ketones (excluding diaryl/α,β-unsaturated/α-hetero) is 1. The number of ketones is 1. The average molecular weight is 279 g/mol. The lowest BCUT2D eigenvalue weighted by Gasteiger charge is -2.53. The van der Waals surface area contributed by atoms with Crippen molar-refractivity contribution in [1.29, 1.82) is 0 Å². The number of methoxy groups -OCH3 is 1. The highest BCUT2D eigenvalue weighted by Crippen LogP contribution is 2.42. The van der Waals surface area contributed by atoms with Crippen LogP contribution in [0.1, 0.15) is 32.1 Å². The fourth-order valence-corrected chi connectivity index (χ4v) is 2.68. The minimum Gasteiger partial charge on any atom is -0.438 e. The van der Waals surface area contributed by atoms with Crippen molar-refractivity contribution in [2.24, 2.45) is 0 Å². The predicted molar refractivity (Wildman–Crippen MR) is 68.7 cm³/mol. The van der Waals surface area contributed by atoms with Crippen LogP contribution in [-0.2, 0) is 19.1 Å². The van der Waals surface area contributed by atoms with E-state index < -0.39 is 6.16 Å². The highest BCUT2D eigenvalue weighted by molar-refractivity contribution is 5.87. The maximum Gasteiger partial charge on any atom is 0.508 e. The molecule has 0 bridgehead atoms. The second kappa shape index (κ2) is 5.95. The summed E-state index contributed by atoms with van der Waals surface area (Å²) in [6, 6.07) is 0. The molecule has 0 radical (unpaired) electrons. The first-order chi connectivity index (χ1) is 9.57. The summed E-state index contributed by atoms with van der Waals surface area (Å²) in [5.74, 6) is 5.83. The maximum atomic E-state index is 11.7. The van der Waals surface area contributed by atoms with Gasteiger partial charge in [0.1, 0.15) is 5.78 Å². The van der Waals surface area contributed by atoms with E-state index >= 15 is 0 Å². The summed E-state index contributed by atoms with van der Waals surface area (Å²) in [6.45, 7) is 0.262.